The number of rotatable bonds is 5. The first-order valence-corrected chi connectivity index (χ1v) is 10.4. The zero-order valence-electron chi connectivity index (χ0n) is 18.2. The molecule has 164 valence electrons. The van der Waals surface area contributed by atoms with E-state index in [1.54, 1.807) is 23.1 Å². The number of anilines is 1. The normalized spacial score (nSPS) is 17.9. The Bertz CT molecular complexity index is 809. The molecule has 0 unspecified atom stereocenters. The van der Waals surface area contributed by atoms with Gasteiger partial charge in [0.2, 0.25) is 0 Å². The maximum atomic E-state index is 12.4. The van der Waals surface area contributed by atoms with Crippen molar-refractivity contribution in [1.82, 2.24) is 10.2 Å². The van der Waals surface area contributed by atoms with Gasteiger partial charge in [0.15, 0.2) is 12.4 Å². The monoisotopic (exact) mass is 417 g/mol. The maximum absolute atomic E-state index is 12.4. The summed E-state index contributed by atoms with van der Waals surface area (Å²) in [6.07, 6.45) is 1.29. The van der Waals surface area contributed by atoms with E-state index in [2.05, 4.69) is 10.2 Å². The Labute approximate surface area is 177 Å². The van der Waals surface area contributed by atoms with E-state index in [-0.39, 0.29) is 30.4 Å². The molecule has 0 aromatic heterocycles. The number of nitrogens with one attached hydrogen (secondary N) is 1. The first-order valence-electron chi connectivity index (χ1n) is 10.4. The van der Waals surface area contributed by atoms with E-state index >= 15 is 0 Å². The Kier molecular flexibility index (Phi) is 6.65. The Morgan fingerprint density at radius 2 is 1.90 bits per heavy atom. The number of hydrogen-bond acceptors (Lipinski definition) is 6. The van der Waals surface area contributed by atoms with E-state index in [0.29, 0.717) is 30.1 Å². The summed E-state index contributed by atoms with van der Waals surface area (Å²) < 4.78 is 10.8. The van der Waals surface area contributed by atoms with Gasteiger partial charge < -0.3 is 24.6 Å². The fourth-order valence-electron chi connectivity index (χ4n) is 3.68. The number of piperidine rings is 1. The predicted octanol–water partition coefficient (Wildman–Crippen LogP) is 2.60. The number of nitrogens with zero attached hydrogens (tertiary/aromatic N) is 2. The molecule has 8 heteroatoms. The number of alkyl carbamates (subject to hydrolysis) is 1. The van der Waals surface area contributed by atoms with Crippen LogP contribution >= 0.6 is 0 Å². The van der Waals surface area contributed by atoms with E-state index in [4.69, 9.17) is 9.47 Å². The number of ether oxygens (including phenoxy) is 2. The molecule has 30 heavy (non-hydrogen) atoms. The highest BCUT2D eigenvalue weighted by Crippen LogP contribution is 2.33. The van der Waals surface area contributed by atoms with Crippen molar-refractivity contribution in [2.75, 3.05) is 37.7 Å². The second kappa shape index (κ2) is 9.04. The van der Waals surface area contributed by atoms with Gasteiger partial charge in [0.25, 0.3) is 5.91 Å². The van der Waals surface area contributed by atoms with Gasteiger partial charge in [0.1, 0.15) is 11.4 Å². The smallest absolute Gasteiger partial charge is 0.407 e. The molecule has 1 saturated heterocycles. The molecule has 2 aliphatic heterocycles. The van der Waals surface area contributed by atoms with Gasteiger partial charge in [-0.05, 0) is 58.7 Å². The molecule has 0 saturated carbocycles. The first-order chi connectivity index (χ1) is 14.1. The minimum atomic E-state index is -0.506. The molecule has 1 aromatic carbocycles. The van der Waals surface area contributed by atoms with Gasteiger partial charge in [0, 0.05) is 37.8 Å². The van der Waals surface area contributed by atoms with E-state index in [9.17, 15) is 14.4 Å². The first kappa shape index (κ1) is 22.1. The molecule has 0 radical (unpaired) electrons. The summed E-state index contributed by atoms with van der Waals surface area (Å²) >= 11 is 0. The number of fused-ring (bicyclic) bond motifs is 1. The van der Waals surface area contributed by atoms with Crippen molar-refractivity contribution in [2.24, 2.45) is 0 Å². The van der Waals surface area contributed by atoms with Crippen molar-refractivity contribution >= 4 is 23.5 Å². The third-order valence-corrected chi connectivity index (χ3v) is 5.26. The number of carbonyl (C=O) groups is 3. The third-order valence-electron chi connectivity index (χ3n) is 5.26. The molecule has 1 N–H and O–H groups in total. The van der Waals surface area contributed by atoms with Gasteiger partial charge in [0.05, 0.1) is 5.69 Å². The van der Waals surface area contributed by atoms with Crippen LogP contribution in [0.1, 0.15) is 50.9 Å². The molecular formula is C22H31N3O5. The van der Waals surface area contributed by atoms with Gasteiger partial charge in [-0.3, -0.25) is 9.59 Å². The molecule has 2 heterocycles. The number of carbonyl (C=O) groups excluding carboxylic acids is 3. The number of likely N-dealkylation sites (tertiary alicyclic amines) is 1. The quantitative estimate of drug-likeness (QED) is 0.741. The van der Waals surface area contributed by atoms with Crippen molar-refractivity contribution in [3.8, 4) is 5.75 Å². The maximum Gasteiger partial charge on any atom is 0.407 e. The highest BCUT2D eigenvalue weighted by molar-refractivity contribution is 6.01. The fraction of sp³-hybridized carbons (Fsp3) is 0.591. The van der Waals surface area contributed by atoms with Crippen molar-refractivity contribution < 1.29 is 23.9 Å². The van der Waals surface area contributed by atoms with Crippen LogP contribution in [0.2, 0.25) is 0 Å². The van der Waals surface area contributed by atoms with Gasteiger partial charge in [-0.1, -0.05) is 0 Å². The van der Waals surface area contributed by atoms with Crippen LogP contribution in [0.15, 0.2) is 18.2 Å². The summed E-state index contributed by atoms with van der Waals surface area (Å²) in [4.78, 5) is 40.1. The van der Waals surface area contributed by atoms with Gasteiger partial charge in [-0.2, -0.15) is 0 Å². The second-order valence-electron chi connectivity index (χ2n) is 8.83. The van der Waals surface area contributed by atoms with E-state index in [0.717, 1.165) is 25.9 Å². The number of benzene rings is 1. The molecule has 0 bridgehead atoms. The van der Waals surface area contributed by atoms with Crippen LogP contribution in [0.3, 0.4) is 0 Å². The average Bonchev–Trinajstić information content (AvgIpc) is 2.66. The van der Waals surface area contributed by atoms with Crippen molar-refractivity contribution in [3.05, 3.63) is 23.8 Å². The molecule has 2 aliphatic rings. The summed E-state index contributed by atoms with van der Waals surface area (Å²) in [5.74, 6) is 0.472. The Balaban J connectivity index is 1.52. The lowest BCUT2D eigenvalue weighted by Crippen LogP contribution is -2.48. The molecule has 8 nitrogen and oxygen atoms in total. The van der Waals surface area contributed by atoms with Gasteiger partial charge >= 0.3 is 6.09 Å². The van der Waals surface area contributed by atoms with Gasteiger partial charge in [-0.15, -0.1) is 0 Å². The molecular weight excluding hydrogens is 386 g/mol. The lowest BCUT2D eigenvalue weighted by molar-refractivity contribution is -0.121. The SMILES string of the molecule is CC(=O)c1ccc2c(c1)N(CCN1CCC(NC(=O)OC(C)(C)C)CC1)C(=O)CO2. The van der Waals surface area contributed by atoms with E-state index in [1.165, 1.54) is 6.92 Å². The Hall–Kier alpha value is -2.61. The highest BCUT2D eigenvalue weighted by atomic mass is 16.6. The number of amides is 2. The summed E-state index contributed by atoms with van der Waals surface area (Å²) in [6, 6.07) is 5.29. The number of ketones is 1. The van der Waals surface area contributed by atoms with Crippen LogP contribution in [0, 0.1) is 0 Å². The topological polar surface area (TPSA) is 88.2 Å². The molecule has 0 atom stereocenters. The Morgan fingerprint density at radius 3 is 2.53 bits per heavy atom. The zero-order chi connectivity index (χ0) is 21.9. The van der Waals surface area contributed by atoms with Gasteiger partial charge in [-0.25, -0.2) is 4.79 Å². The van der Waals surface area contributed by atoms with Crippen LogP contribution in [0.4, 0.5) is 10.5 Å². The van der Waals surface area contributed by atoms with E-state index in [1.807, 2.05) is 20.8 Å². The van der Waals surface area contributed by atoms with Crippen molar-refractivity contribution in [2.45, 2.75) is 52.2 Å². The molecule has 3 rings (SSSR count). The molecule has 2 amide bonds. The highest BCUT2D eigenvalue weighted by Gasteiger charge is 2.28. The zero-order valence-corrected chi connectivity index (χ0v) is 18.2. The molecule has 0 spiro atoms. The van der Waals surface area contributed by atoms with Crippen LogP contribution in [-0.2, 0) is 9.53 Å². The average molecular weight is 418 g/mol. The lowest BCUT2D eigenvalue weighted by Gasteiger charge is -2.35. The van der Waals surface area contributed by atoms with Crippen LogP contribution in [-0.4, -0.2) is 67.1 Å². The summed E-state index contributed by atoms with van der Waals surface area (Å²) in [5.41, 5.74) is 0.708. The second-order valence-corrected chi connectivity index (χ2v) is 8.83. The third kappa shape index (κ3) is 5.72. The largest absolute Gasteiger partial charge is 0.482 e. The molecule has 0 aliphatic carbocycles. The van der Waals surface area contributed by atoms with Crippen LogP contribution in [0.5, 0.6) is 5.75 Å². The molecule has 1 aromatic rings. The fourth-order valence-corrected chi connectivity index (χ4v) is 3.68. The van der Waals surface area contributed by atoms with E-state index < -0.39 is 5.60 Å². The lowest BCUT2D eigenvalue weighted by atomic mass is 10.1. The minimum absolute atomic E-state index is 0.00823. The standard InChI is InChI=1S/C22H31N3O5/c1-15(26)16-5-6-19-18(13-16)25(20(27)14-29-19)12-11-24-9-7-17(8-10-24)23-21(28)30-22(2,3)4/h5-6,13,17H,7-12,14H2,1-4H3,(H,23,28). The summed E-state index contributed by atoms with van der Waals surface area (Å²) in [6.45, 7) is 9.97. The van der Waals surface area contributed by atoms with Crippen molar-refractivity contribution in [1.29, 1.82) is 0 Å². The summed E-state index contributed by atoms with van der Waals surface area (Å²) in [7, 11) is 0. The van der Waals surface area contributed by atoms with Crippen molar-refractivity contribution in [3.63, 3.8) is 0 Å². The number of Topliss-reactive ketones (excluding diaryl/α,β-unsaturated/α-hetero) is 1. The number of hydrogen-bond donors (Lipinski definition) is 1. The molecule has 1 fully saturated rings. The predicted molar refractivity (Wildman–Crippen MR) is 113 cm³/mol. The minimum Gasteiger partial charge on any atom is -0.482 e. The summed E-state index contributed by atoms with van der Waals surface area (Å²) in [5, 5.41) is 2.94. The Morgan fingerprint density at radius 1 is 1.20 bits per heavy atom. The van der Waals surface area contributed by atoms with Crippen LogP contribution in [0.25, 0.3) is 0 Å². The van der Waals surface area contributed by atoms with Crippen LogP contribution < -0.4 is 15.0 Å².